The van der Waals surface area contributed by atoms with Crippen LogP contribution in [0.5, 0.6) is 0 Å². The van der Waals surface area contributed by atoms with Crippen LogP contribution in [0.1, 0.15) is 12.5 Å². The molecule has 112 valence electrons. The SMILES string of the molecule is CC1Cc2ccccc2N1S(=O)(=O)c1cccc2nonc12. The first-order valence-corrected chi connectivity index (χ1v) is 8.36. The lowest BCUT2D eigenvalue weighted by atomic mass is 10.1. The number of hydrogen-bond donors (Lipinski definition) is 0. The van der Waals surface area contributed by atoms with Crippen molar-refractivity contribution in [2.75, 3.05) is 4.31 Å². The fourth-order valence-electron chi connectivity index (χ4n) is 3.00. The topological polar surface area (TPSA) is 76.3 Å². The van der Waals surface area contributed by atoms with Gasteiger partial charge >= 0.3 is 0 Å². The molecule has 0 amide bonds. The fourth-order valence-corrected chi connectivity index (χ4v) is 4.83. The average Bonchev–Trinajstić information content (AvgIpc) is 3.09. The number of sulfonamides is 1. The van der Waals surface area contributed by atoms with E-state index < -0.39 is 10.0 Å². The minimum absolute atomic E-state index is 0.120. The number of benzene rings is 2. The van der Waals surface area contributed by atoms with E-state index in [-0.39, 0.29) is 16.5 Å². The number of para-hydroxylation sites is 1. The van der Waals surface area contributed by atoms with Crippen LogP contribution in [0.4, 0.5) is 5.69 Å². The van der Waals surface area contributed by atoms with Gasteiger partial charge in [-0.1, -0.05) is 24.3 Å². The van der Waals surface area contributed by atoms with Crippen molar-refractivity contribution in [2.45, 2.75) is 24.3 Å². The highest BCUT2D eigenvalue weighted by atomic mass is 32.2. The van der Waals surface area contributed by atoms with E-state index in [9.17, 15) is 8.42 Å². The maximum Gasteiger partial charge on any atom is 0.266 e. The molecule has 0 N–H and O–H groups in total. The van der Waals surface area contributed by atoms with E-state index in [0.717, 1.165) is 11.3 Å². The summed E-state index contributed by atoms with van der Waals surface area (Å²) >= 11 is 0. The summed E-state index contributed by atoms with van der Waals surface area (Å²) in [5.41, 5.74) is 2.45. The molecule has 22 heavy (non-hydrogen) atoms. The summed E-state index contributed by atoms with van der Waals surface area (Å²) in [6, 6.07) is 12.3. The molecule has 4 rings (SSSR count). The van der Waals surface area contributed by atoms with Crippen LogP contribution < -0.4 is 4.31 Å². The zero-order chi connectivity index (χ0) is 15.3. The lowest BCUT2D eigenvalue weighted by Gasteiger charge is -2.24. The first-order valence-electron chi connectivity index (χ1n) is 6.92. The van der Waals surface area contributed by atoms with Gasteiger partial charge in [-0.25, -0.2) is 13.0 Å². The normalized spacial score (nSPS) is 17.9. The summed E-state index contributed by atoms with van der Waals surface area (Å²) in [4.78, 5) is 0.120. The third-order valence-electron chi connectivity index (χ3n) is 3.93. The van der Waals surface area contributed by atoms with Crippen molar-refractivity contribution in [3.8, 4) is 0 Å². The first kappa shape index (κ1) is 13.3. The number of rotatable bonds is 2. The number of nitrogens with zero attached hydrogens (tertiary/aromatic N) is 3. The van der Waals surface area contributed by atoms with Gasteiger partial charge in [0.15, 0.2) is 5.52 Å². The summed E-state index contributed by atoms with van der Waals surface area (Å²) < 4.78 is 32.4. The van der Waals surface area contributed by atoms with Gasteiger partial charge in [0, 0.05) is 6.04 Å². The van der Waals surface area contributed by atoms with Crippen LogP contribution in [-0.2, 0) is 16.4 Å². The van der Waals surface area contributed by atoms with Crippen molar-refractivity contribution in [1.29, 1.82) is 0 Å². The van der Waals surface area contributed by atoms with Crippen LogP contribution in [0.2, 0.25) is 0 Å². The van der Waals surface area contributed by atoms with Gasteiger partial charge in [-0.3, -0.25) is 4.31 Å². The largest absolute Gasteiger partial charge is 0.266 e. The zero-order valence-electron chi connectivity index (χ0n) is 11.8. The maximum atomic E-state index is 13.1. The van der Waals surface area contributed by atoms with Gasteiger partial charge in [0.25, 0.3) is 10.0 Å². The lowest BCUT2D eigenvalue weighted by Crippen LogP contribution is -2.35. The summed E-state index contributed by atoms with van der Waals surface area (Å²) in [5, 5.41) is 7.46. The molecule has 3 aromatic rings. The summed E-state index contributed by atoms with van der Waals surface area (Å²) in [6.45, 7) is 1.90. The van der Waals surface area contributed by atoms with E-state index in [1.165, 1.54) is 10.4 Å². The predicted octanol–water partition coefficient (Wildman–Crippen LogP) is 2.36. The van der Waals surface area contributed by atoms with Crippen molar-refractivity contribution in [3.05, 3.63) is 48.0 Å². The first-order chi connectivity index (χ1) is 10.6. The molecule has 0 spiro atoms. The molecule has 1 aromatic heterocycles. The number of hydrogen-bond acceptors (Lipinski definition) is 5. The molecule has 0 fully saturated rings. The Hall–Kier alpha value is -2.41. The Bertz CT molecular complexity index is 965. The van der Waals surface area contributed by atoms with Crippen LogP contribution in [0.25, 0.3) is 11.0 Å². The Morgan fingerprint density at radius 3 is 2.82 bits per heavy atom. The standard InChI is InChI=1S/C15H13N3O3S/c1-10-9-11-5-2-3-7-13(11)18(10)22(19,20)14-8-4-6-12-15(14)17-21-16-12/h2-8,10H,9H2,1H3. The van der Waals surface area contributed by atoms with E-state index in [1.54, 1.807) is 12.1 Å². The second kappa shape index (κ2) is 4.54. The molecule has 0 bridgehead atoms. The minimum atomic E-state index is -3.73. The summed E-state index contributed by atoms with van der Waals surface area (Å²) in [7, 11) is -3.73. The Kier molecular flexibility index (Phi) is 2.74. The zero-order valence-corrected chi connectivity index (χ0v) is 12.6. The molecule has 0 aliphatic carbocycles. The molecule has 2 aromatic carbocycles. The van der Waals surface area contributed by atoms with E-state index in [0.29, 0.717) is 11.9 Å². The van der Waals surface area contributed by atoms with Gasteiger partial charge in [0.2, 0.25) is 0 Å². The number of aromatic nitrogens is 2. The van der Waals surface area contributed by atoms with Crippen LogP contribution in [0, 0.1) is 0 Å². The van der Waals surface area contributed by atoms with Crippen molar-refractivity contribution in [2.24, 2.45) is 0 Å². The van der Waals surface area contributed by atoms with E-state index in [1.807, 2.05) is 31.2 Å². The van der Waals surface area contributed by atoms with Gasteiger partial charge in [-0.2, -0.15) is 0 Å². The van der Waals surface area contributed by atoms with Crippen molar-refractivity contribution < 1.29 is 13.0 Å². The van der Waals surface area contributed by atoms with E-state index >= 15 is 0 Å². The highest BCUT2D eigenvalue weighted by Gasteiger charge is 2.37. The lowest BCUT2D eigenvalue weighted by molar-refractivity contribution is 0.315. The van der Waals surface area contributed by atoms with Gasteiger partial charge in [-0.15, -0.1) is 0 Å². The van der Waals surface area contributed by atoms with E-state index in [2.05, 4.69) is 14.9 Å². The molecular weight excluding hydrogens is 302 g/mol. The molecule has 1 unspecified atom stereocenters. The Labute approximate surface area is 127 Å². The van der Waals surface area contributed by atoms with Crippen molar-refractivity contribution >= 4 is 26.7 Å². The Balaban J connectivity index is 1.93. The van der Waals surface area contributed by atoms with E-state index in [4.69, 9.17) is 0 Å². The van der Waals surface area contributed by atoms with Gasteiger partial charge < -0.3 is 0 Å². The summed E-state index contributed by atoms with van der Waals surface area (Å²) in [6.07, 6.45) is 0.697. The van der Waals surface area contributed by atoms with Gasteiger partial charge in [0.1, 0.15) is 10.4 Å². The Morgan fingerprint density at radius 1 is 1.14 bits per heavy atom. The molecule has 0 radical (unpaired) electrons. The molecule has 7 heteroatoms. The molecule has 0 saturated carbocycles. The molecule has 1 aliphatic rings. The fraction of sp³-hybridized carbons (Fsp3) is 0.200. The third-order valence-corrected chi connectivity index (χ3v) is 5.89. The molecule has 2 heterocycles. The van der Waals surface area contributed by atoms with Gasteiger partial charge in [0.05, 0.1) is 5.69 Å². The molecule has 6 nitrogen and oxygen atoms in total. The Morgan fingerprint density at radius 2 is 1.95 bits per heavy atom. The second-order valence-corrected chi connectivity index (χ2v) is 7.15. The van der Waals surface area contributed by atoms with Gasteiger partial charge in [-0.05, 0) is 47.4 Å². The van der Waals surface area contributed by atoms with Crippen LogP contribution in [0.15, 0.2) is 52.0 Å². The smallest absolute Gasteiger partial charge is 0.263 e. The van der Waals surface area contributed by atoms with Crippen LogP contribution in [0.3, 0.4) is 0 Å². The second-order valence-electron chi connectivity index (χ2n) is 5.37. The number of fused-ring (bicyclic) bond motifs is 2. The number of anilines is 1. The minimum Gasteiger partial charge on any atom is -0.263 e. The molecule has 1 aliphatic heterocycles. The van der Waals surface area contributed by atoms with Crippen molar-refractivity contribution in [3.63, 3.8) is 0 Å². The quantitative estimate of drug-likeness (QED) is 0.725. The predicted molar refractivity (Wildman–Crippen MR) is 81.1 cm³/mol. The van der Waals surface area contributed by atoms with Crippen LogP contribution >= 0.6 is 0 Å². The van der Waals surface area contributed by atoms with Crippen molar-refractivity contribution in [1.82, 2.24) is 10.3 Å². The molecule has 0 saturated heterocycles. The third kappa shape index (κ3) is 1.75. The maximum absolute atomic E-state index is 13.1. The monoisotopic (exact) mass is 315 g/mol. The van der Waals surface area contributed by atoms with Crippen LogP contribution in [-0.4, -0.2) is 24.8 Å². The highest BCUT2D eigenvalue weighted by Crippen LogP contribution is 2.37. The molecular formula is C15H13N3O3S. The highest BCUT2D eigenvalue weighted by molar-refractivity contribution is 7.93. The average molecular weight is 315 g/mol. The summed E-state index contributed by atoms with van der Waals surface area (Å²) in [5.74, 6) is 0. The molecule has 1 atom stereocenters.